The topological polar surface area (TPSA) is 70.9 Å². The van der Waals surface area contributed by atoms with E-state index in [1.54, 1.807) is 24.4 Å². The van der Waals surface area contributed by atoms with E-state index in [1.165, 1.54) is 11.6 Å². The van der Waals surface area contributed by atoms with Gasteiger partial charge in [0.2, 0.25) is 0 Å². The predicted molar refractivity (Wildman–Crippen MR) is 107 cm³/mol. The van der Waals surface area contributed by atoms with Gasteiger partial charge in [0.1, 0.15) is 11.5 Å². The highest BCUT2D eigenvalue weighted by atomic mass is 16.5. The zero-order valence-corrected chi connectivity index (χ0v) is 15.1. The fourth-order valence-electron chi connectivity index (χ4n) is 2.53. The molecule has 0 aliphatic heterocycles. The number of aromatic carboxylic acids is 1. The summed E-state index contributed by atoms with van der Waals surface area (Å²) in [5.41, 5.74) is 6.55. The van der Waals surface area contributed by atoms with Crippen molar-refractivity contribution in [3.63, 3.8) is 0 Å². The molecule has 5 nitrogen and oxygen atoms in total. The highest BCUT2D eigenvalue weighted by Crippen LogP contribution is 2.26. The van der Waals surface area contributed by atoms with E-state index in [-0.39, 0.29) is 5.56 Å². The number of hydrogen-bond acceptors (Lipinski definition) is 4. The summed E-state index contributed by atoms with van der Waals surface area (Å²) in [7, 11) is 0. The minimum Gasteiger partial charge on any atom is -0.478 e. The van der Waals surface area contributed by atoms with Crippen molar-refractivity contribution in [1.82, 2.24) is 0 Å². The van der Waals surface area contributed by atoms with Crippen LogP contribution in [0.5, 0.6) is 11.5 Å². The van der Waals surface area contributed by atoms with Crippen LogP contribution < -0.4 is 10.2 Å². The normalized spacial score (nSPS) is 10.7. The van der Waals surface area contributed by atoms with Crippen molar-refractivity contribution < 1.29 is 14.6 Å². The monoisotopic (exact) mass is 360 g/mol. The molecule has 0 fully saturated rings. The maximum Gasteiger partial charge on any atom is 0.337 e. The van der Waals surface area contributed by atoms with Crippen molar-refractivity contribution in [1.29, 1.82) is 0 Å². The number of carboxylic acid groups (broad SMARTS) is 1. The summed E-state index contributed by atoms with van der Waals surface area (Å²) in [6.45, 7) is 4.09. The van der Waals surface area contributed by atoms with E-state index in [0.29, 0.717) is 5.69 Å². The molecule has 0 atom stereocenters. The van der Waals surface area contributed by atoms with Crippen LogP contribution in [0, 0.1) is 13.8 Å². The van der Waals surface area contributed by atoms with E-state index in [9.17, 15) is 4.79 Å². The van der Waals surface area contributed by atoms with Gasteiger partial charge < -0.3 is 9.84 Å². The zero-order valence-electron chi connectivity index (χ0n) is 15.1. The van der Waals surface area contributed by atoms with Gasteiger partial charge in [-0.15, -0.1) is 0 Å². The van der Waals surface area contributed by atoms with Crippen LogP contribution in [-0.2, 0) is 0 Å². The molecular weight excluding hydrogens is 340 g/mol. The smallest absolute Gasteiger partial charge is 0.337 e. The number of aryl methyl sites for hydroxylation is 1. The van der Waals surface area contributed by atoms with E-state index in [2.05, 4.69) is 23.5 Å². The van der Waals surface area contributed by atoms with E-state index in [0.717, 1.165) is 22.6 Å². The molecule has 0 aliphatic carbocycles. The summed E-state index contributed by atoms with van der Waals surface area (Å²) in [6, 6.07) is 20.1. The predicted octanol–water partition coefficient (Wildman–Crippen LogP) is 5.24. The van der Waals surface area contributed by atoms with Gasteiger partial charge in [-0.25, -0.2) is 4.79 Å². The Hall–Kier alpha value is -3.60. The second kappa shape index (κ2) is 8.19. The van der Waals surface area contributed by atoms with Crippen LogP contribution in [-0.4, -0.2) is 17.3 Å². The molecule has 136 valence electrons. The van der Waals surface area contributed by atoms with Crippen LogP contribution in [0.3, 0.4) is 0 Å². The third-order valence-electron chi connectivity index (χ3n) is 4.22. The SMILES string of the molecule is Cc1cccc(Oc2ccc(C=NNc3ccccc3C(=O)O)cc2)c1C. The van der Waals surface area contributed by atoms with Crippen LogP contribution in [0.1, 0.15) is 27.0 Å². The van der Waals surface area contributed by atoms with Crippen LogP contribution >= 0.6 is 0 Å². The minimum absolute atomic E-state index is 0.173. The lowest BCUT2D eigenvalue weighted by Gasteiger charge is -2.10. The first-order valence-corrected chi connectivity index (χ1v) is 8.50. The molecular formula is C22H20N2O3. The molecule has 3 aromatic rings. The fourth-order valence-corrected chi connectivity index (χ4v) is 2.53. The molecule has 3 rings (SSSR count). The Balaban J connectivity index is 1.67. The summed E-state index contributed by atoms with van der Waals surface area (Å²) in [5, 5.41) is 13.3. The number of hydrogen-bond donors (Lipinski definition) is 2. The standard InChI is InChI=1S/C22H20N2O3/c1-15-6-5-9-21(16(15)2)27-18-12-10-17(11-13-18)14-23-24-20-8-4-3-7-19(20)22(25)26/h3-14,24H,1-2H3,(H,25,26). The molecule has 0 saturated carbocycles. The molecule has 0 aromatic heterocycles. The average molecular weight is 360 g/mol. The molecule has 5 heteroatoms. The maximum absolute atomic E-state index is 11.2. The van der Waals surface area contributed by atoms with Crippen molar-refractivity contribution in [2.24, 2.45) is 5.10 Å². The lowest BCUT2D eigenvalue weighted by atomic mass is 10.1. The number of ether oxygens (including phenoxy) is 1. The summed E-state index contributed by atoms with van der Waals surface area (Å²) in [4.78, 5) is 11.2. The lowest BCUT2D eigenvalue weighted by Crippen LogP contribution is -2.02. The number of rotatable bonds is 6. The number of benzene rings is 3. The van der Waals surface area contributed by atoms with Crippen molar-refractivity contribution in [3.8, 4) is 11.5 Å². The van der Waals surface area contributed by atoms with Crippen LogP contribution in [0.15, 0.2) is 71.8 Å². The van der Waals surface area contributed by atoms with Gasteiger partial charge in [0, 0.05) is 0 Å². The number of anilines is 1. The molecule has 0 saturated heterocycles. The van der Waals surface area contributed by atoms with Gasteiger partial charge in [0.05, 0.1) is 17.5 Å². The Labute approximate surface area is 157 Å². The third kappa shape index (κ3) is 4.52. The molecule has 0 heterocycles. The second-order valence-corrected chi connectivity index (χ2v) is 6.09. The summed E-state index contributed by atoms with van der Waals surface area (Å²) < 4.78 is 5.94. The molecule has 3 aromatic carbocycles. The summed E-state index contributed by atoms with van der Waals surface area (Å²) in [6.07, 6.45) is 1.63. The molecule has 0 aliphatic rings. The molecule has 0 radical (unpaired) electrons. The van der Waals surface area contributed by atoms with Gasteiger partial charge in [-0.3, -0.25) is 5.43 Å². The third-order valence-corrected chi connectivity index (χ3v) is 4.22. The fraction of sp³-hybridized carbons (Fsp3) is 0.0909. The Kier molecular flexibility index (Phi) is 5.52. The highest BCUT2D eigenvalue weighted by Gasteiger charge is 2.07. The quantitative estimate of drug-likeness (QED) is 0.466. The lowest BCUT2D eigenvalue weighted by molar-refractivity contribution is 0.0698. The molecule has 2 N–H and O–H groups in total. The first-order chi connectivity index (χ1) is 13.0. The average Bonchev–Trinajstić information content (AvgIpc) is 2.67. The molecule has 0 bridgehead atoms. The Bertz CT molecular complexity index is 979. The number of carboxylic acids is 1. The van der Waals surface area contributed by atoms with Crippen molar-refractivity contribution in [2.75, 3.05) is 5.43 Å². The Morgan fingerprint density at radius 3 is 2.48 bits per heavy atom. The summed E-state index contributed by atoms with van der Waals surface area (Å²) in [5.74, 6) is 0.578. The Morgan fingerprint density at radius 2 is 1.74 bits per heavy atom. The van der Waals surface area contributed by atoms with E-state index < -0.39 is 5.97 Å². The van der Waals surface area contributed by atoms with E-state index in [4.69, 9.17) is 9.84 Å². The molecule has 27 heavy (non-hydrogen) atoms. The van der Waals surface area contributed by atoms with Gasteiger partial charge in [0.25, 0.3) is 0 Å². The van der Waals surface area contributed by atoms with Crippen molar-refractivity contribution in [3.05, 3.63) is 89.0 Å². The number of nitrogens with zero attached hydrogens (tertiary/aromatic N) is 1. The number of hydrazone groups is 1. The largest absolute Gasteiger partial charge is 0.478 e. The van der Waals surface area contributed by atoms with E-state index >= 15 is 0 Å². The van der Waals surface area contributed by atoms with Crippen molar-refractivity contribution in [2.45, 2.75) is 13.8 Å². The Morgan fingerprint density at radius 1 is 1.00 bits per heavy atom. The van der Waals surface area contributed by atoms with Crippen molar-refractivity contribution >= 4 is 17.9 Å². The summed E-state index contributed by atoms with van der Waals surface area (Å²) >= 11 is 0. The number of carbonyl (C=O) groups is 1. The second-order valence-electron chi connectivity index (χ2n) is 6.09. The minimum atomic E-state index is -0.999. The number of para-hydroxylation sites is 1. The maximum atomic E-state index is 11.2. The van der Waals surface area contributed by atoms with Crippen LogP contribution in [0.25, 0.3) is 0 Å². The van der Waals surface area contributed by atoms with Gasteiger partial charge in [-0.05, 0) is 73.0 Å². The van der Waals surface area contributed by atoms with Crippen LogP contribution in [0.4, 0.5) is 5.69 Å². The van der Waals surface area contributed by atoms with Gasteiger partial charge >= 0.3 is 5.97 Å². The van der Waals surface area contributed by atoms with Gasteiger partial charge in [-0.2, -0.15) is 5.10 Å². The molecule has 0 amide bonds. The first kappa shape index (κ1) is 18.2. The first-order valence-electron chi connectivity index (χ1n) is 8.50. The van der Waals surface area contributed by atoms with Crippen LogP contribution in [0.2, 0.25) is 0 Å². The highest BCUT2D eigenvalue weighted by molar-refractivity contribution is 5.94. The zero-order chi connectivity index (χ0) is 19.2. The molecule has 0 unspecified atom stereocenters. The molecule has 0 spiro atoms. The van der Waals surface area contributed by atoms with Gasteiger partial charge in [-0.1, -0.05) is 24.3 Å². The van der Waals surface area contributed by atoms with Gasteiger partial charge in [0.15, 0.2) is 0 Å². The number of nitrogens with one attached hydrogen (secondary N) is 1. The van der Waals surface area contributed by atoms with E-state index in [1.807, 2.05) is 43.3 Å².